The third-order valence-electron chi connectivity index (χ3n) is 2.94. The van der Waals surface area contributed by atoms with Gasteiger partial charge < -0.3 is 5.32 Å². The highest BCUT2D eigenvalue weighted by Crippen LogP contribution is 2.16. The van der Waals surface area contributed by atoms with Crippen molar-refractivity contribution in [1.29, 1.82) is 0 Å². The van der Waals surface area contributed by atoms with Crippen molar-refractivity contribution >= 4 is 21.6 Å². The Bertz CT molecular complexity index is 830. The van der Waals surface area contributed by atoms with Gasteiger partial charge in [0.15, 0.2) is 0 Å². The Morgan fingerprint density at radius 2 is 1.54 bits per heavy atom. The molecule has 2 aromatic rings. The van der Waals surface area contributed by atoms with Gasteiger partial charge in [-0.05, 0) is 50.2 Å². The van der Waals surface area contributed by atoms with Gasteiger partial charge in [-0.3, -0.25) is 4.79 Å². The Morgan fingerprint density at radius 1 is 1.00 bits per heavy atom. The van der Waals surface area contributed by atoms with Crippen molar-refractivity contribution in [3.8, 4) is 0 Å². The van der Waals surface area contributed by atoms with Crippen molar-refractivity contribution < 1.29 is 22.0 Å². The Hall–Kier alpha value is -2.32. The molecule has 5 nitrogen and oxygen atoms in total. The first-order chi connectivity index (χ1) is 11.2. The largest absolute Gasteiger partial charge is 0.322 e. The summed E-state index contributed by atoms with van der Waals surface area (Å²) >= 11 is 0. The van der Waals surface area contributed by atoms with Crippen LogP contribution in [0.2, 0.25) is 0 Å². The minimum atomic E-state index is -3.63. The second-order valence-electron chi connectivity index (χ2n) is 5.41. The van der Waals surface area contributed by atoms with Crippen LogP contribution in [0.25, 0.3) is 0 Å². The van der Waals surface area contributed by atoms with Crippen LogP contribution in [-0.2, 0) is 10.0 Å². The van der Waals surface area contributed by atoms with Gasteiger partial charge in [0.1, 0.15) is 11.6 Å². The van der Waals surface area contributed by atoms with E-state index in [-0.39, 0.29) is 16.5 Å². The molecular weight excluding hydrogens is 338 g/mol. The molecule has 0 aromatic heterocycles. The van der Waals surface area contributed by atoms with Crippen LogP contribution in [0.1, 0.15) is 24.2 Å². The van der Waals surface area contributed by atoms with Crippen LogP contribution in [0.3, 0.4) is 0 Å². The van der Waals surface area contributed by atoms with Crippen LogP contribution in [-0.4, -0.2) is 20.4 Å². The summed E-state index contributed by atoms with van der Waals surface area (Å²) in [6.07, 6.45) is 0. The van der Waals surface area contributed by atoms with Crippen LogP contribution in [0.5, 0.6) is 0 Å². The molecule has 2 N–H and O–H groups in total. The third-order valence-corrected chi connectivity index (χ3v) is 4.61. The molecule has 128 valence electrons. The molecule has 0 radical (unpaired) electrons. The summed E-state index contributed by atoms with van der Waals surface area (Å²) in [5.74, 6) is -2.42. The van der Waals surface area contributed by atoms with E-state index in [1.165, 1.54) is 24.3 Å². The van der Waals surface area contributed by atoms with Gasteiger partial charge in [0.25, 0.3) is 5.91 Å². The minimum Gasteiger partial charge on any atom is -0.322 e. The van der Waals surface area contributed by atoms with E-state index in [4.69, 9.17) is 0 Å². The molecule has 0 saturated carbocycles. The second kappa shape index (κ2) is 7.06. The summed E-state index contributed by atoms with van der Waals surface area (Å²) in [6.45, 7) is 3.40. The average Bonchev–Trinajstić information content (AvgIpc) is 2.45. The van der Waals surface area contributed by atoms with Gasteiger partial charge in [-0.2, -0.15) is 0 Å². The summed E-state index contributed by atoms with van der Waals surface area (Å²) in [4.78, 5) is 12.0. The molecule has 2 aromatic carbocycles. The Kier molecular flexibility index (Phi) is 5.30. The summed E-state index contributed by atoms with van der Waals surface area (Å²) in [7, 11) is -3.63. The summed E-state index contributed by atoms with van der Waals surface area (Å²) in [6, 6.07) is 7.66. The number of hydrogen-bond donors (Lipinski definition) is 2. The predicted octanol–water partition coefficient (Wildman–Crippen LogP) is 2.90. The SMILES string of the molecule is CC(C)NS(=O)(=O)c1ccc(NC(=O)c2cc(F)cc(F)c2)cc1. The maximum Gasteiger partial charge on any atom is 0.255 e. The molecule has 0 heterocycles. The molecule has 2 rings (SSSR count). The standard InChI is InChI=1S/C16H16F2N2O3S/c1-10(2)20-24(22,23)15-5-3-14(4-6-15)19-16(21)11-7-12(17)9-13(18)8-11/h3-10,20H,1-2H3,(H,19,21). The van der Waals surface area contributed by atoms with E-state index in [0.29, 0.717) is 11.8 Å². The zero-order valence-electron chi connectivity index (χ0n) is 13.0. The molecule has 0 saturated heterocycles. The van der Waals surface area contributed by atoms with Gasteiger partial charge in [0.05, 0.1) is 4.90 Å². The first-order valence-corrected chi connectivity index (χ1v) is 8.55. The number of nitrogens with one attached hydrogen (secondary N) is 2. The highest BCUT2D eigenvalue weighted by molar-refractivity contribution is 7.89. The van der Waals surface area contributed by atoms with Crippen molar-refractivity contribution in [3.05, 3.63) is 59.7 Å². The van der Waals surface area contributed by atoms with Gasteiger partial charge in [-0.15, -0.1) is 0 Å². The molecule has 0 aliphatic rings. The van der Waals surface area contributed by atoms with E-state index in [2.05, 4.69) is 10.0 Å². The summed E-state index contributed by atoms with van der Waals surface area (Å²) in [5.41, 5.74) is 0.124. The highest BCUT2D eigenvalue weighted by atomic mass is 32.2. The molecule has 0 aliphatic carbocycles. The lowest BCUT2D eigenvalue weighted by atomic mass is 10.2. The number of rotatable bonds is 5. The van der Waals surface area contributed by atoms with Crippen molar-refractivity contribution in [2.24, 2.45) is 0 Å². The smallest absolute Gasteiger partial charge is 0.255 e. The minimum absolute atomic E-state index is 0.0472. The monoisotopic (exact) mass is 354 g/mol. The molecule has 0 atom stereocenters. The van der Waals surface area contributed by atoms with E-state index in [1.54, 1.807) is 13.8 Å². The number of carbonyl (C=O) groups is 1. The van der Waals surface area contributed by atoms with Crippen molar-refractivity contribution in [1.82, 2.24) is 4.72 Å². The van der Waals surface area contributed by atoms with Gasteiger partial charge in [0, 0.05) is 23.4 Å². The fourth-order valence-electron chi connectivity index (χ4n) is 1.98. The molecule has 0 spiro atoms. The number of sulfonamides is 1. The number of halogens is 2. The Labute approximate surface area is 138 Å². The van der Waals surface area contributed by atoms with Crippen molar-refractivity contribution in [3.63, 3.8) is 0 Å². The molecule has 0 fully saturated rings. The summed E-state index contributed by atoms with van der Waals surface area (Å²) < 4.78 is 52.7. The lowest BCUT2D eigenvalue weighted by Gasteiger charge is -2.10. The maximum atomic E-state index is 13.1. The van der Waals surface area contributed by atoms with Crippen LogP contribution >= 0.6 is 0 Å². The molecule has 24 heavy (non-hydrogen) atoms. The van der Waals surface area contributed by atoms with E-state index >= 15 is 0 Å². The van der Waals surface area contributed by atoms with Crippen LogP contribution in [0.4, 0.5) is 14.5 Å². The molecule has 0 aliphatic heterocycles. The van der Waals surface area contributed by atoms with E-state index in [9.17, 15) is 22.0 Å². The lowest BCUT2D eigenvalue weighted by Crippen LogP contribution is -2.30. The van der Waals surface area contributed by atoms with E-state index in [0.717, 1.165) is 12.1 Å². The number of amides is 1. The molecule has 0 unspecified atom stereocenters. The number of carbonyl (C=O) groups excluding carboxylic acids is 1. The van der Waals surface area contributed by atoms with Crippen molar-refractivity contribution in [2.45, 2.75) is 24.8 Å². The Morgan fingerprint density at radius 3 is 2.04 bits per heavy atom. The first kappa shape index (κ1) is 18.0. The zero-order chi connectivity index (χ0) is 17.9. The molecule has 8 heteroatoms. The maximum absolute atomic E-state index is 13.1. The number of anilines is 1. The fraction of sp³-hybridized carbons (Fsp3) is 0.188. The van der Waals surface area contributed by atoms with E-state index in [1.807, 2.05) is 0 Å². The normalized spacial score (nSPS) is 11.5. The van der Waals surface area contributed by atoms with Crippen LogP contribution in [0, 0.1) is 11.6 Å². The van der Waals surface area contributed by atoms with Crippen LogP contribution in [0.15, 0.2) is 47.4 Å². The predicted molar refractivity (Wildman–Crippen MR) is 86.2 cm³/mol. The first-order valence-electron chi connectivity index (χ1n) is 7.07. The number of benzene rings is 2. The number of hydrogen-bond acceptors (Lipinski definition) is 3. The molecule has 0 bridgehead atoms. The topological polar surface area (TPSA) is 75.3 Å². The van der Waals surface area contributed by atoms with Gasteiger partial charge >= 0.3 is 0 Å². The zero-order valence-corrected chi connectivity index (χ0v) is 13.8. The lowest BCUT2D eigenvalue weighted by molar-refractivity contribution is 0.102. The highest BCUT2D eigenvalue weighted by Gasteiger charge is 2.15. The third kappa shape index (κ3) is 4.59. The molecular formula is C16H16F2N2O3S. The van der Waals surface area contributed by atoms with Gasteiger partial charge in [-0.25, -0.2) is 21.9 Å². The summed E-state index contributed by atoms with van der Waals surface area (Å²) in [5, 5.41) is 2.44. The van der Waals surface area contributed by atoms with Crippen LogP contribution < -0.4 is 10.0 Å². The van der Waals surface area contributed by atoms with Gasteiger partial charge in [0.2, 0.25) is 10.0 Å². The average molecular weight is 354 g/mol. The van der Waals surface area contributed by atoms with Gasteiger partial charge in [-0.1, -0.05) is 0 Å². The quantitative estimate of drug-likeness (QED) is 0.867. The van der Waals surface area contributed by atoms with E-state index < -0.39 is 27.6 Å². The second-order valence-corrected chi connectivity index (χ2v) is 7.13. The van der Waals surface area contributed by atoms with Crippen molar-refractivity contribution in [2.75, 3.05) is 5.32 Å². The fourth-order valence-corrected chi connectivity index (χ4v) is 3.24. The Balaban J connectivity index is 2.15. The molecule has 1 amide bonds.